The summed E-state index contributed by atoms with van der Waals surface area (Å²) in [7, 11) is 0. The third kappa shape index (κ3) is 22.7. The molecule has 0 radical (unpaired) electrons. The Morgan fingerprint density at radius 2 is 0.659 bits per heavy atom. The van der Waals surface area contributed by atoms with Gasteiger partial charge in [0.15, 0.2) is 0 Å². The van der Waals surface area contributed by atoms with Crippen molar-refractivity contribution in [1.82, 2.24) is 61.3 Å². The minimum atomic E-state index is -0.314. The van der Waals surface area contributed by atoms with Gasteiger partial charge in [0.25, 0.3) is 35.4 Å². The van der Waals surface area contributed by atoms with E-state index < -0.39 is 0 Å². The van der Waals surface area contributed by atoms with Crippen molar-refractivity contribution < 1.29 is 56.1 Å². The lowest BCUT2D eigenvalue weighted by molar-refractivity contribution is 0.0303. The summed E-state index contributed by atoms with van der Waals surface area (Å²) in [5.74, 6) is 1.03. The van der Waals surface area contributed by atoms with Gasteiger partial charge < -0.3 is 90.2 Å². The minimum absolute atomic E-state index is 0.000494. The van der Waals surface area contributed by atoms with Crippen LogP contribution in [0.2, 0.25) is 0 Å². The number of amides is 6. The fraction of sp³-hybridized carbons (Fsp3) is 0.429. The first-order valence-corrected chi connectivity index (χ1v) is 47.4. The highest BCUT2D eigenvalue weighted by atomic mass is 19.1. The summed E-state index contributed by atoms with van der Waals surface area (Å²) in [6.45, 7) is 34.7. The van der Waals surface area contributed by atoms with E-state index in [1.165, 1.54) is 36.4 Å². The van der Waals surface area contributed by atoms with Crippen LogP contribution in [0.3, 0.4) is 0 Å². The lowest BCUT2D eigenvalue weighted by Gasteiger charge is -2.43. The number of carbonyl (C=O) groups excluding carboxylic acids is 6. The van der Waals surface area contributed by atoms with E-state index in [-0.39, 0.29) is 95.3 Å². The van der Waals surface area contributed by atoms with Crippen molar-refractivity contribution in [2.24, 2.45) is 5.92 Å². The van der Waals surface area contributed by atoms with Gasteiger partial charge in [0.1, 0.15) is 53.0 Å². The van der Waals surface area contributed by atoms with Crippen LogP contribution in [0.5, 0.6) is 17.2 Å². The van der Waals surface area contributed by atoms with E-state index in [1.54, 1.807) is 36.4 Å². The van der Waals surface area contributed by atoms with Crippen LogP contribution in [0.4, 0.5) is 30.2 Å². The molecule has 0 unspecified atom stereocenters. The highest BCUT2D eigenvalue weighted by molar-refractivity contribution is 6.01. The number of aryl methyl sites for hydroxylation is 3. The van der Waals surface area contributed by atoms with Crippen LogP contribution in [0.25, 0.3) is 33.4 Å². The van der Waals surface area contributed by atoms with Gasteiger partial charge in [0, 0.05) is 236 Å². The topological polar surface area (TPSA) is 231 Å². The number of hydrogen-bond donors (Lipinski definition) is 6. The van der Waals surface area contributed by atoms with Crippen molar-refractivity contribution in [2.45, 2.75) is 111 Å². The Kier molecular flexibility index (Phi) is 30.6. The molecule has 9 aliphatic rings. The Labute approximate surface area is 773 Å². The average molecular weight is 1800 g/mol. The molecule has 0 bridgehead atoms. The van der Waals surface area contributed by atoms with Crippen LogP contribution in [-0.2, 0) is 0 Å². The van der Waals surface area contributed by atoms with Crippen molar-refractivity contribution in [2.75, 3.05) is 191 Å². The SMILES string of the molecule is CC[C@H]1CN(C(=O)c2cc(C)cc(N3CCNCC3)c2)CCN1C(=O)c1ccc(O[C@H]2CCNC2)c(-c2ccc(F)cc2)c1.Cc1cc(C(=O)N2CCN(C(=O)c3ccc(O[C@H]4CCNC4)c(-c4ccc(F)cc4)c3)[C@@H](C(C)C)C2)cc(N2CCNCC2)c1.Cc1cc(C(=O)N2CCN(C(=O)c3ccc(O[C@H]4CCNC4)c(-c4ccc(F)cc4)c3)[C@@H](C)C2)cc(N2CCNCC2)c1. The largest absolute Gasteiger partial charge is 0.488 e. The van der Waals surface area contributed by atoms with Crippen molar-refractivity contribution in [3.8, 4) is 50.6 Å². The van der Waals surface area contributed by atoms with Crippen LogP contribution in [0, 0.1) is 44.1 Å². The van der Waals surface area contributed by atoms with Gasteiger partial charge in [-0.15, -0.1) is 0 Å². The molecular weight excluding hydrogens is 1670 g/mol. The lowest BCUT2D eigenvalue weighted by atomic mass is 9.96. The van der Waals surface area contributed by atoms with Crippen LogP contribution < -0.4 is 60.8 Å². The molecule has 132 heavy (non-hydrogen) atoms. The molecule has 24 nitrogen and oxygen atoms in total. The third-order valence-electron chi connectivity index (χ3n) is 26.9. The maximum absolute atomic E-state index is 14.1. The third-order valence-corrected chi connectivity index (χ3v) is 26.9. The normalized spacial score (nSPS) is 20.6. The van der Waals surface area contributed by atoms with Gasteiger partial charge in [0.2, 0.25) is 0 Å². The first kappa shape index (κ1) is 93.4. The molecular formula is C105H126F3N15O9. The molecule has 0 spiro atoms. The fourth-order valence-electron chi connectivity index (χ4n) is 19.5. The molecule has 18 rings (SSSR count). The maximum atomic E-state index is 14.1. The van der Waals surface area contributed by atoms with E-state index in [9.17, 15) is 41.9 Å². The van der Waals surface area contributed by atoms with Crippen molar-refractivity contribution >= 4 is 52.5 Å². The first-order valence-electron chi connectivity index (χ1n) is 47.4. The standard InChI is InChI=1S/C36H44FN5O3.C35H42FN5O3.C34H40FN5O3/c1-24(2)33-23-41(35(43)28-18-25(3)19-30(20-28)40-14-12-38-13-15-40)16-17-42(33)36(44)27-6-9-34(45-31-10-11-39-22-31)32(21-27)26-4-7-29(37)8-5-26;1-3-29-23-40(34(42)27-18-24(2)19-30(20-27)39-14-12-37-13-15-39)16-17-41(29)35(43)26-6-9-33(44-31-10-11-38-22-31)32(21-26)25-4-7-28(36)8-5-25;1-23-17-27(19-29(18-23)38-13-11-36-12-14-38)33(41)39-15-16-40(24(2)22-39)34(42)26-5-8-32(43-30-9-10-37-21-30)31(20-26)25-3-6-28(35)7-4-25/h4-9,18-21,24,31,33,38-39H,10-17,22-23H2,1-3H3;4-9,18-21,29,31,37-38H,3,10-17,22-23H2,1-2H3;3-8,17-20,24,30,36-37H,9-16,21-22H2,1-2H3/t31-,33+;29-,31-;24-,30-/m000/s1. The molecule has 6 N–H and O–H groups in total. The lowest BCUT2D eigenvalue weighted by Crippen LogP contribution is -2.58. The molecule has 9 aromatic rings. The molecule has 696 valence electrons. The highest BCUT2D eigenvalue weighted by Crippen LogP contribution is 2.39. The summed E-state index contributed by atoms with van der Waals surface area (Å²) in [5, 5.41) is 20.1. The summed E-state index contributed by atoms with van der Waals surface area (Å²) < 4.78 is 60.2. The monoisotopic (exact) mass is 1800 g/mol. The predicted molar refractivity (Wildman–Crippen MR) is 513 cm³/mol. The molecule has 9 heterocycles. The Morgan fingerprint density at radius 3 is 0.985 bits per heavy atom. The molecule has 6 amide bonds. The summed E-state index contributed by atoms with van der Waals surface area (Å²) >= 11 is 0. The van der Waals surface area contributed by atoms with Gasteiger partial charge in [-0.1, -0.05) is 57.2 Å². The zero-order chi connectivity index (χ0) is 92.1. The van der Waals surface area contributed by atoms with Crippen molar-refractivity contribution in [1.29, 1.82) is 0 Å². The maximum Gasteiger partial charge on any atom is 0.254 e. The van der Waals surface area contributed by atoms with Gasteiger partial charge in [-0.25, -0.2) is 13.2 Å². The number of piperazine rings is 6. The number of benzene rings is 9. The average Bonchev–Trinajstić information content (AvgIpc) is 1.10. The fourth-order valence-corrected chi connectivity index (χ4v) is 19.5. The van der Waals surface area contributed by atoms with Crippen LogP contribution in [-0.4, -0.2) is 278 Å². The molecule has 9 fully saturated rings. The molecule has 27 heteroatoms. The zero-order valence-corrected chi connectivity index (χ0v) is 77.1. The number of rotatable bonds is 20. The molecule has 9 aromatic carbocycles. The van der Waals surface area contributed by atoms with E-state index >= 15 is 0 Å². The molecule has 9 saturated heterocycles. The van der Waals surface area contributed by atoms with Crippen LogP contribution in [0.15, 0.2) is 182 Å². The summed E-state index contributed by atoms with van der Waals surface area (Å²) in [6.07, 6.45) is 3.59. The second-order valence-electron chi connectivity index (χ2n) is 36.7. The smallest absolute Gasteiger partial charge is 0.254 e. The number of carbonyl (C=O) groups is 6. The first-order chi connectivity index (χ1) is 64.0. The quantitative estimate of drug-likeness (QED) is 0.0416. The number of ether oxygens (including phenoxy) is 3. The molecule has 0 saturated carbocycles. The number of anilines is 3. The Balaban J connectivity index is 0.000000144. The Morgan fingerprint density at radius 1 is 0.341 bits per heavy atom. The van der Waals surface area contributed by atoms with Gasteiger partial charge in [-0.2, -0.15) is 0 Å². The molecule has 0 aliphatic carbocycles. The minimum Gasteiger partial charge on any atom is -0.488 e. The summed E-state index contributed by atoms with van der Waals surface area (Å²) in [6, 6.07) is 53.4. The Hall–Kier alpha value is -11.9. The Bertz CT molecular complexity index is 5540. The number of hydrogen-bond acceptors (Lipinski definition) is 18. The van der Waals surface area contributed by atoms with Crippen LogP contribution in [0.1, 0.15) is 132 Å². The summed E-state index contributed by atoms with van der Waals surface area (Å²) in [5.41, 5.74) is 14.9. The number of nitrogens with one attached hydrogen (secondary N) is 6. The number of nitrogens with zero attached hydrogens (tertiary/aromatic N) is 9. The molecule has 9 aliphatic heterocycles. The molecule has 0 aromatic heterocycles. The zero-order valence-electron chi connectivity index (χ0n) is 77.1. The molecule has 6 atom stereocenters. The van der Waals surface area contributed by atoms with E-state index in [0.717, 1.165) is 211 Å². The van der Waals surface area contributed by atoms with Crippen molar-refractivity contribution in [3.63, 3.8) is 0 Å². The van der Waals surface area contributed by atoms with Gasteiger partial charge in [-0.05, 0) is 258 Å². The van der Waals surface area contributed by atoms with Gasteiger partial charge in [0.05, 0.1) is 6.04 Å². The second-order valence-corrected chi connectivity index (χ2v) is 36.7. The van der Waals surface area contributed by atoms with Gasteiger partial charge >= 0.3 is 0 Å². The predicted octanol–water partition coefficient (Wildman–Crippen LogP) is 12.8. The number of halogens is 3. The highest BCUT2D eigenvalue weighted by Gasteiger charge is 2.39. The van der Waals surface area contributed by atoms with Gasteiger partial charge in [-0.3, -0.25) is 28.8 Å². The van der Waals surface area contributed by atoms with E-state index in [2.05, 4.69) is 85.6 Å². The van der Waals surface area contributed by atoms with E-state index in [4.69, 9.17) is 14.2 Å². The van der Waals surface area contributed by atoms with Crippen molar-refractivity contribution in [3.05, 3.63) is 250 Å². The van der Waals surface area contributed by atoms with E-state index in [1.807, 2.05) is 148 Å². The van der Waals surface area contributed by atoms with Crippen LogP contribution >= 0.6 is 0 Å². The second kappa shape index (κ2) is 43.2. The van der Waals surface area contributed by atoms with E-state index in [0.29, 0.717) is 110 Å². The summed E-state index contributed by atoms with van der Waals surface area (Å²) in [4.78, 5) is 101.